The fourth-order valence-corrected chi connectivity index (χ4v) is 2.54. The van der Waals surface area contributed by atoms with Crippen molar-refractivity contribution < 1.29 is 0 Å². The van der Waals surface area contributed by atoms with Gasteiger partial charge in [0.2, 0.25) is 0 Å². The van der Waals surface area contributed by atoms with Crippen molar-refractivity contribution in [3.8, 4) is 0 Å². The van der Waals surface area contributed by atoms with Gasteiger partial charge in [-0.1, -0.05) is 55.8 Å². The third kappa shape index (κ3) is 3.39. The summed E-state index contributed by atoms with van der Waals surface area (Å²) < 4.78 is 0. The normalized spacial score (nSPS) is 12.4. The summed E-state index contributed by atoms with van der Waals surface area (Å²) in [5.41, 5.74) is 6.34. The Bertz CT molecular complexity index is 540. The smallest absolute Gasteiger partial charge is 0.0835 e. The van der Waals surface area contributed by atoms with Gasteiger partial charge in [0.05, 0.1) is 5.38 Å². The monoisotopic (exact) mass is 272 g/mol. The maximum atomic E-state index is 6.59. The van der Waals surface area contributed by atoms with Gasteiger partial charge in [0.25, 0.3) is 0 Å². The van der Waals surface area contributed by atoms with E-state index in [1.54, 1.807) is 0 Å². The maximum absolute atomic E-state index is 6.59. The van der Waals surface area contributed by atoms with E-state index in [0.717, 1.165) is 6.42 Å². The van der Waals surface area contributed by atoms with E-state index >= 15 is 0 Å². The topological polar surface area (TPSA) is 0 Å². The lowest BCUT2D eigenvalue weighted by Crippen LogP contribution is -1.95. The number of rotatable bonds is 4. The van der Waals surface area contributed by atoms with Crippen molar-refractivity contribution in [1.82, 2.24) is 0 Å². The van der Waals surface area contributed by atoms with Crippen molar-refractivity contribution in [2.24, 2.45) is 0 Å². The molecule has 0 N–H and O–H groups in total. The second-order valence-corrected chi connectivity index (χ2v) is 5.63. The Kier molecular flexibility index (Phi) is 4.66. The van der Waals surface area contributed by atoms with Crippen LogP contribution in [0.4, 0.5) is 0 Å². The van der Waals surface area contributed by atoms with Crippen LogP contribution < -0.4 is 0 Å². The Morgan fingerprint density at radius 2 is 1.53 bits per heavy atom. The van der Waals surface area contributed by atoms with Gasteiger partial charge in [0, 0.05) is 0 Å². The van der Waals surface area contributed by atoms with Crippen molar-refractivity contribution in [3.63, 3.8) is 0 Å². The van der Waals surface area contributed by atoms with E-state index in [9.17, 15) is 0 Å². The average molecular weight is 273 g/mol. The minimum atomic E-state index is -0.0602. The number of halogens is 1. The molecule has 2 aromatic carbocycles. The van der Waals surface area contributed by atoms with Crippen molar-refractivity contribution in [3.05, 3.63) is 70.3 Å². The summed E-state index contributed by atoms with van der Waals surface area (Å²) in [6.45, 7) is 6.46. The Morgan fingerprint density at radius 3 is 2.11 bits per heavy atom. The molecule has 0 saturated carbocycles. The largest absolute Gasteiger partial charge is 0.113 e. The van der Waals surface area contributed by atoms with E-state index in [4.69, 9.17) is 11.6 Å². The molecule has 2 aromatic rings. The van der Waals surface area contributed by atoms with Crippen LogP contribution >= 0.6 is 11.6 Å². The van der Waals surface area contributed by atoms with Crippen molar-refractivity contribution in [2.45, 2.75) is 39.0 Å². The Morgan fingerprint density at radius 1 is 0.895 bits per heavy atom. The first kappa shape index (κ1) is 14.1. The molecule has 0 radical (unpaired) electrons. The molecule has 0 aliphatic rings. The fraction of sp³-hybridized carbons (Fsp3) is 0.333. The molecule has 2 rings (SSSR count). The lowest BCUT2D eigenvalue weighted by molar-refractivity contribution is 0.920. The Hall–Kier alpha value is -1.27. The molecule has 0 amide bonds. The van der Waals surface area contributed by atoms with Gasteiger partial charge in [0.1, 0.15) is 0 Å². The third-order valence-electron chi connectivity index (χ3n) is 3.63. The highest BCUT2D eigenvalue weighted by molar-refractivity contribution is 6.22. The van der Waals surface area contributed by atoms with E-state index in [1.807, 2.05) is 0 Å². The van der Waals surface area contributed by atoms with Crippen LogP contribution in [0.25, 0.3) is 0 Å². The second-order valence-electron chi connectivity index (χ2n) is 5.20. The number of alkyl halides is 1. The van der Waals surface area contributed by atoms with Crippen LogP contribution in [0.3, 0.4) is 0 Å². The zero-order valence-electron chi connectivity index (χ0n) is 11.9. The van der Waals surface area contributed by atoms with Crippen molar-refractivity contribution >= 4 is 11.6 Å². The number of benzene rings is 2. The molecule has 0 nitrogen and oxygen atoms in total. The summed E-state index contributed by atoms with van der Waals surface area (Å²) in [6, 6.07) is 15.1. The SMILES string of the molecule is CCCc1ccc(C(Cl)c2ccc(C)c(C)c2)cc1. The highest BCUT2D eigenvalue weighted by Crippen LogP contribution is 2.30. The van der Waals surface area contributed by atoms with Gasteiger partial charge in [0.15, 0.2) is 0 Å². The van der Waals surface area contributed by atoms with Crippen LogP contribution in [0.1, 0.15) is 46.5 Å². The summed E-state index contributed by atoms with van der Waals surface area (Å²) in [5.74, 6) is 0. The molecule has 0 saturated heterocycles. The molecule has 0 heterocycles. The maximum Gasteiger partial charge on any atom is 0.0835 e. The third-order valence-corrected chi connectivity index (χ3v) is 4.14. The standard InChI is InChI=1S/C18H21Cl/c1-4-5-15-7-10-16(11-8-15)18(19)17-9-6-13(2)14(3)12-17/h6-12,18H,4-5H2,1-3H3. The van der Waals surface area contributed by atoms with Crippen LogP contribution in [0, 0.1) is 13.8 Å². The summed E-state index contributed by atoms with van der Waals surface area (Å²) >= 11 is 6.59. The molecule has 1 heteroatoms. The van der Waals surface area contributed by atoms with Crippen LogP contribution in [0.5, 0.6) is 0 Å². The van der Waals surface area contributed by atoms with E-state index in [-0.39, 0.29) is 5.38 Å². The molecule has 0 fully saturated rings. The summed E-state index contributed by atoms with van der Waals surface area (Å²) in [4.78, 5) is 0. The summed E-state index contributed by atoms with van der Waals surface area (Å²) in [6.07, 6.45) is 2.32. The van der Waals surface area contributed by atoms with Crippen LogP contribution in [0.15, 0.2) is 42.5 Å². The molecule has 0 aliphatic carbocycles. The van der Waals surface area contributed by atoms with Gasteiger partial charge in [-0.3, -0.25) is 0 Å². The minimum absolute atomic E-state index is 0.0602. The zero-order valence-corrected chi connectivity index (χ0v) is 12.7. The van der Waals surface area contributed by atoms with E-state index in [0.29, 0.717) is 0 Å². The molecule has 100 valence electrons. The lowest BCUT2D eigenvalue weighted by Gasteiger charge is -2.13. The molecule has 0 bridgehead atoms. The first-order valence-corrected chi connectivity index (χ1v) is 7.35. The first-order chi connectivity index (χ1) is 9.11. The number of aryl methyl sites for hydroxylation is 3. The summed E-state index contributed by atoms with van der Waals surface area (Å²) in [7, 11) is 0. The molecule has 19 heavy (non-hydrogen) atoms. The van der Waals surface area contributed by atoms with Crippen LogP contribution in [-0.2, 0) is 6.42 Å². The van der Waals surface area contributed by atoms with Crippen LogP contribution in [-0.4, -0.2) is 0 Å². The molecular weight excluding hydrogens is 252 g/mol. The number of hydrogen-bond acceptors (Lipinski definition) is 0. The average Bonchev–Trinajstić information content (AvgIpc) is 2.42. The lowest BCUT2D eigenvalue weighted by atomic mass is 9.99. The molecule has 1 unspecified atom stereocenters. The van der Waals surface area contributed by atoms with Gasteiger partial charge in [-0.15, -0.1) is 11.6 Å². The highest BCUT2D eigenvalue weighted by Gasteiger charge is 2.11. The molecule has 1 atom stereocenters. The van der Waals surface area contributed by atoms with E-state index < -0.39 is 0 Å². The Labute approximate surface area is 121 Å². The van der Waals surface area contributed by atoms with Gasteiger partial charge in [-0.2, -0.15) is 0 Å². The Balaban J connectivity index is 2.22. The fourth-order valence-electron chi connectivity index (χ4n) is 2.26. The van der Waals surface area contributed by atoms with Crippen molar-refractivity contribution in [1.29, 1.82) is 0 Å². The molecule has 0 aromatic heterocycles. The van der Waals surface area contributed by atoms with Gasteiger partial charge in [-0.25, -0.2) is 0 Å². The van der Waals surface area contributed by atoms with Gasteiger partial charge >= 0.3 is 0 Å². The quantitative estimate of drug-likeness (QED) is 0.637. The minimum Gasteiger partial charge on any atom is -0.113 e. The second kappa shape index (κ2) is 6.25. The van der Waals surface area contributed by atoms with Crippen LogP contribution in [0.2, 0.25) is 0 Å². The first-order valence-electron chi connectivity index (χ1n) is 6.92. The van der Waals surface area contributed by atoms with Gasteiger partial charge in [-0.05, 0) is 48.1 Å². The molecular formula is C18H21Cl. The predicted molar refractivity (Wildman–Crippen MR) is 84.0 cm³/mol. The van der Waals surface area contributed by atoms with E-state index in [1.165, 1.54) is 34.2 Å². The predicted octanol–water partition coefficient (Wildman–Crippen LogP) is 5.58. The zero-order chi connectivity index (χ0) is 13.8. The number of hydrogen-bond donors (Lipinski definition) is 0. The highest BCUT2D eigenvalue weighted by atomic mass is 35.5. The van der Waals surface area contributed by atoms with Crippen molar-refractivity contribution in [2.75, 3.05) is 0 Å². The molecule has 0 aliphatic heterocycles. The summed E-state index contributed by atoms with van der Waals surface area (Å²) in [5, 5.41) is -0.0602. The van der Waals surface area contributed by atoms with E-state index in [2.05, 4.69) is 63.2 Å². The molecule has 0 spiro atoms. The van der Waals surface area contributed by atoms with Gasteiger partial charge < -0.3 is 0 Å².